The largest absolute Gasteiger partial charge is 0.455 e. The van der Waals surface area contributed by atoms with Gasteiger partial charge in [0.1, 0.15) is 5.75 Å². The first-order valence-corrected chi connectivity index (χ1v) is 9.63. The number of para-hydroxylation sites is 3. The van der Waals surface area contributed by atoms with Crippen LogP contribution < -0.4 is 9.64 Å². The summed E-state index contributed by atoms with van der Waals surface area (Å²) in [6.07, 6.45) is 3.58. The first-order chi connectivity index (χ1) is 13.2. The number of benzene rings is 2. The van der Waals surface area contributed by atoms with E-state index in [-0.39, 0.29) is 24.2 Å². The normalized spacial score (nSPS) is 20.0. The molecular formula is C22H24N2O3. The number of amides is 2. The van der Waals surface area contributed by atoms with E-state index in [4.69, 9.17) is 4.74 Å². The molecule has 2 aromatic rings. The molecule has 140 valence electrons. The average molecular weight is 364 g/mol. The number of likely N-dealkylation sites (tertiary alicyclic amines) is 1. The van der Waals surface area contributed by atoms with Gasteiger partial charge in [0.05, 0.1) is 11.6 Å². The molecule has 2 amide bonds. The van der Waals surface area contributed by atoms with Crippen LogP contribution in [0.2, 0.25) is 0 Å². The van der Waals surface area contributed by atoms with Gasteiger partial charge >= 0.3 is 0 Å². The number of hydrogen-bond acceptors (Lipinski definition) is 3. The van der Waals surface area contributed by atoms with E-state index >= 15 is 0 Å². The van der Waals surface area contributed by atoms with E-state index in [2.05, 4.69) is 0 Å². The zero-order valence-electron chi connectivity index (χ0n) is 15.3. The lowest BCUT2D eigenvalue weighted by atomic mass is 10.0. The maximum atomic E-state index is 12.8. The van der Waals surface area contributed by atoms with Crippen LogP contribution in [0.5, 0.6) is 11.5 Å². The number of nitrogens with zero attached hydrogens (tertiary/aromatic N) is 2. The Kier molecular flexibility index (Phi) is 5.10. The molecule has 2 aliphatic rings. The molecule has 0 radical (unpaired) electrons. The summed E-state index contributed by atoms with van der Waals surface area (Å²) in [7, 11) is 0. The predicted molar refractivity (Wildman–Crippen MR) is 104 cm³/mol. The molecule has 2 heterocycles. The van der Waals surface area contributed by atoms with Gasteiger partial charge < -0.3 is 14.5 Å². The number of anilines is 1. The van der Waals surface area contributed by atoms with Gasteiger partial charge in [-0.25, -0.2) is 0 Å². The SMILES string of the molecule is O=C(C1CC(=O)N(c2ccccc2Oc2ccccc2)C1)N1CCCCC1. The second-order valence-electron chi connectivity index (χ2n) is 7.17. The lowest BCUT2D eigenvalue weighted by Crippen LogP contribution is -2.40. The number of carbonyl (C=O) groups is 2. The fraction of sp³-hybridized carbons (Fsp3) is 0.364. The van der Waals surface area contributed by atoms with Crippen molar-refractivity contribution in [1.29, 1.82) is 0 Å². The molecule has 2 aliphatic heterocycles. The molecule has 1 atom stereocenters. The summed E-state index contributed by atoms with van der Waals surface area (Å²) in [6, 6.07) is 17.0. The van der Waals surface area contributed by atoms with Gasteiger partial charge in [-0.05, 0) is 43.5 Å². The minimum atomic E-state index is -0.264. The van der Waals surface area contributed by atoms with Gasteiger partial charge in [0.15, 0.2) is 5.75 Å². The van der Waals surface area contributed by atoms with Crippen molar-refractivity contribution >= 4 is 17.5 Å². The molecule has 0 bridgehead atoms. The summed E-state index contributed by atoms with van der Waals surface area (Å²) in [6.45, 7) is 2.05. The van der Waals surface area contributed by atoms with Crippen molar-refractivity contribution in [1.82, 2.24) is 4.90 Å². The van der Waals surface area contributed by atoms with Gasteiger partial charge in [-0.15, -0.1) is 0 Å². The molecule has 2 aromatic carbocycles. The van der Waals surface area contributed by atoms with E-state index in [1.807, 2.05) is 59.5 Å². The third-order valence-electron chi connectivity index (χ3n) is 5.27. The summed E-state index contributed by atoms with van der Waals surface area (Å²) in [4.78, 5) is 29.1. The third-order valence-corrected chi connectivity index (χ3v) is 5.27. The zero-order chi connectivity index (χ0) is 18.6. The Bertz CT molecular complexity index is 815. The molecular weight excluding hydrogens is 340 g/mol. The molecule has 27 heavy (non-hydrogen) atoms. The van der Waals surface area contributed by atoms with Crippen LogP contribution in [0.3, 0.4) is 0 Å². The van der Waals surface area contributed by atoms with Gasteiger partial charge in [0.2, 0.25) is 11.8 Å². The van der Waals surface area contributed by atoms with E-state index in [0.717, 1.165) is 37.4 Å². The molecule has 0 N–H and O–H groups in total. The highest BCUT2D eigenvalue weighted by Crippen LogP contribution is 2.36. The lowest BCUT2D eigenvalue weighted by molar-refractivity contribution is -0.136. The lowest BCUT2D eigenvalue weighted by Gasteiger charge is -2.29. The van der Waals surface area contributed by atoms with Crippen molar-refractivity contribution in [3.63, 3.8) is 0 Å². The van der Waals surface area contributed by atoms with Crippen LogP contribution >= 0.6 is 0 Å². The highest BCUT2D eigenvalue weighted by molar-refractivity contribution is 6.01. The maximum absolute atomic E-state index is 12.8. The number of ether oxygens (including phenoxy) is 1. The van der Waals surface area contributed by atoms with Gasteiger partial charge in [-0.1, -0.05) is 30.3 Å². The van der Waals surface area contributed by atoms with Crippen LogP contribution in [0, 0.1) is 5.92 Å². The highest BCUT2D eigenvalue weighted by atomic mass is 16.5. The zero-order valence-corrected chi connectivity index (χ0v) is 15.3. The minimum Gasteiger partial charge on any atom is -0.455 e. The van der Waals surface area contributed by atoms with Gasteiger partial charge in [-0.2, -0.15) is 0 Å². The van der Waals surface area contributed by atoms with Crippen LogP contribution in [0.15, 0.2) is 54.6 Å². The van der Waals surface area contributed by atoms with Crippen molar-refractivity contribution < 1.29 is 14.3 Å². The van der Waals surface area contributed by atoms with Crippen molar-refractivity contribution in [3.05, 3.63) is 54.6 Å². The number of rotatable bonds is 4. The van der Waals surface area contributed by atoms with Crippen LogP contribution in [-0.4, -0.2) is 36.3 Å². The van der Waals surface area contributed by atoms with E-state index < -0.39 is 0 Å². The number of piperidine rings is 1. The van der Waals surface area contributed by atoms with Crippen LogP contribution in [0.1, 0.15) is 25.7 Å². The fourth-order valence-electron chi connectivity index (χ4n) is 3.86. The summed E-state index contributed by atoms with van der Waals surface area (Å²) in [5.41, 5.74) is 0.722. The smallest absolute Gasteiger partial charge is 0.228 e. The topological polar surface area (TPSA) is 49.9 Å². The van der Waals surface area contributed by atoms with Gasteiger partial charge in [0.25, 0.3) is 0 Å². The van der Waals surface area contributed by atoms with Crippen molar-refractivity contribution in [2.75, 3.05) is 24.5 Å². The van der Waals surface area contributed by atoms with Gasteiger partial charge in [0, 0.05) is 26.1 Å². The van der Waals surface area contributed by atoms with Crippen molar-refractivity contribution in [3.8, 4) is 11.5 Å². The minimum absolute atomic E-state index is 0.0190. The van der Waals surface area contributed by atoms with Crippen molar-refractivity contribution in [2.24, 2.45) is 5.92 Å². The molecule has 0 saturated carbocycles. The molecule has 4 rings (SSSR count). The second-order valence-corrected chi connectivity index (χ2v) is 7.17. The monoisotopic (exact) mass is 364 g/mol. The van der Waals surface area contributed by atoms with E-state index in [9.17, 15) is 9.59 Å². The van der Waals surface area contributed by atoms with Crippen LogP contribution in [0.25, 0.3) is 0 Å². The molecule has 0 aromatic heterocycles. The summed E-state index contributed by atoms with van der Waals surface area (Å²) >= 11 is 0. The molecule has 2 fully saturated rings. The quantitative estimate of drug-likeness (QED) is 0.828. The van der Waals surface area contributed by atoms with Crippen LogP contribution in [0.4, 0.5) is 5.69 Å². The molecule has 5 nitrogen and oxygen atoms in total. The number of hydrogen-bond donors (Lipinski definition) is 0. The van der Waals surface area contributed by atoms with Crippen LogP contribution in [-0.2, 0) is 9.59 Å². The molecule has 0 aliphatic carbocycles. The first-order valence-electron chi connectivity index (χ1n) is 9.63. The first kappa shape index (κ1) is 17.6. The Balaban J connectivity index is 1.52. The van der Waals surface area contributed by atoms with Crippen molar-refractivity contribution in [2.45, 2.75) is 25.7 Å². The molecule has 2 saturated heterocycles. The van der Waals surface area contributed by atoms with E-state index in [0.29, 0.717) is 12.3 Å². The standard InChI is InChI=1S/C22H24N2O3/c25-21-15-17(22(26)23-13-7-2-8-14-23)16-24(21)19-11-5-6-12-20(19)27-18-9-3-1-4-10-18/h1,3-6,9-12,17H,2,7-8,13-16H2. The van der Waals surface area contributed by atoms with E-state index in [1.54, 1.807) is 4.90 Å². The molecule has 5 heteroatoms. The predicted octanol–water partition coefficient (Wildman–Crippen LogP) is 3.84. The van der Waals surface area contributed by atoms with Gasteiger partial charge in [-0.3, -0.25) is 9.59 Å². The summed E-state index contributed by atoms with van der Waals surface area (Å²) < 4.78 is 5.99. The third kappa shape index (κ3) is 3.82. The Morgan fingerprint density at radius 3 is 2.41 bits per heavy atom. The Morgan fingerprint density at radius 2 is 1.63 bits per heavy atom. The Labute approximate surface area is 159 Å². The fourth-order valence-corrected chi connectivity index (χ4v) is 3.86. The average Bonchev–Trinajstić information content (AvgIpc) is 3.11. The highest BCUT2D eigenvalue weighted by Gasteiger charge is 2.38. The Hall–Kier alpha value is -2.82. The molecule has 0 spiro atoms. The maximum Gasteiger partial charge on any atom is 0.228 e. The number of carbonyl (C=O) groups excluding carboxylic acids is 2. The van der Waals surface area contributed by atoms with E-state index in [1.165, 1.54) is 6.42 Å². The summed E-state index contributed by atoms with van der Waals surface area (Å²) in [5.74, 6) is 1.18. The summed E-state index contributed by atoms with van der Waals surface area (Å²) in [5, 5.41) is 0. The molecule has 1 unspecified atom stereocenters. The second kappa shape index (κ2) is 7.82. The Morgan fingerprint density at radius 1 is 0.926 bits per heavy atom.